The van der Waals surface area contributed by atoms with Gasteiger partial charge in [0.2, 0.25) is 0 Å². The zero-order valence-corrected chi connectivity index (χ0v) is 16.4. The third kappa shape index (κ3) is 4.22. The lowest BCUT2D eigenvalue weighted by Gasteiger charge is -2.27. The fourth-order valence-electron chi connectivity index (χ4n) is 3.45. The number of carbonyl (C=O) groups is 2. The summed E-state index contributed by atoms with van der Waals surface area (Å²) in [5.41, 5.74) is 1.61. The minimum atomic E-state index is -4.85. The predicted molar refractivity (Wildman–Crippen MR) is 99.2 cm³/mol. The first-order chi connectivity index (χ1) is 14.3. The van der Waals surface area contributed by atoms with Crippen LogP contribution in [-0.2, 0) is 9.53 Å². The van der Waals surface area contributed by atoms with Crippen molar-refractivity contribution in [2.24, 2.45) is 5.73 Å². The lowest BCUT2D eigenvalue weighted by molar-refractivity contribution is -0.261. The molecular weight excluding hydrogens is 425 g/mol. The van der Waals surface area contributed by atoms with Crippen LogP contribution in [0.25, 0.3) is 0 Å². The molecule has 166 valence electrons. The van der Waals surface area contributed by atoms with Crippen LogP contribution >= 0.6 is 0 Å². The van der Waals surface area contributed by atoms with Crippen LogP contribution in [0.3, 0.4) is 0 Å². The van der Waals surface area contributed by atoms with Gasteiger partial charge in [-0.25, -0.2) is 8.78 Å². The first-order valence-electron chi connectivity index (χ1n) is 9.10. The average Bonchev–Trinajstić information content (AvgIpc) is 3.05. The van der Waals surface area contributed by atoms with E-state index in [9.17, 15) is 31.5 Å². The van der Waals surface area contributed by atoms with Gasteiger partial charge in [0, 0.05) is 23.4 Å². The van der Waals surface area contributed by atoms with Crippen LogP contribution in [0.2, 0.25) is 0 Å². The Hall–Kier alpha value is -3.08. The quantitative estimate of drug-likeness (QED) is 0.706. The largest absolute Gasteiger partial charge is 0.417 e. The van der Waals surface area contributed by atoms with Crippen molar-refractivity contribution in [2.45, 2.75) is 44.1 Å². The fourth-order valence-corrected chi connectivity index (χ4v) is 3.45. The summed E-state index contributed by atoms with van der Waals surface area (Å²) in [6.07, 6.45) is -6.16. The molecule has 31 heavy (non-hydrogen) atoms. The number of anilines is 1. The summed E-state index contributed by atoms with van der Waals surface area (Å²) in [4.78, 5) is 27.8. The van der Waals surface area contributed by atoms with Crippen LogP contribution in [0.5, 0.6) is 0 Å². The van der Waals surface area contributed by atoms with E-state index in [1.807, 2.05) is 0 Å². The van der Waals surface area contributed by atoms with E-state index in [0.29, 0.717) is 0 Å². The SMILES string of the molecule is Cc1c(F)ccc([C@H]2C[C@](C)(C(F)(F)F)O[C@H]2C(=O)Nc2ccnc(C(N)=O)c2)c1F. The van der Waals surface area contributed by atoms with E-state index < -0.39 is 53.7 Å². The summed E-state index contributed by atoms with van der Waals surface area (Å²) >= 11 is 0. The molecule has 3 atom stereocenters. The number of aromatic nitrogens is 1. The van der Waals surface area contributed by atoms with Gasteiger partial charge < -0.3 is 15.8 Å². The van der Waals surface area contributed by atoms with Gasteiger partial charge in [-0.05, 0) is 44.0 Å². The number of nitrogens with zero attached hydrogens (tertiary/aromatic N) is 1. The monoisotopic (exact) mass is 443 g/mol. The molecule has 0 spiro atoms. The summed E-state index contributed by atoms with van der Waals surface area (Å²) in [6.45, 7) is 1.91. The number of halogens is 5. The van der Waals surface area contributed by atoms with Gasteiger partial charge in [0.25, 0.3) is 11.8 Å². The highest BCUT2D eigenvalue weighted by molar-refractivity contribution is 5.97. The third-order valence-electron chi connectivity index (χ3n) is 5.25. The molecule has 1 aromatic carbocycles. The van der Waals surface area contributed by atoms with Gasteiger partial charge in [-0.3, -0.25) is 14.6 Å². The van der Waals surface area contributed by atoms with Crippen LogP contribution < -0.4 is 11.1 Å². The van der Waals surface area contributed by atoms with Crippen LogP contribution in [0, 0.1) is 18.6 Å². The Kier molecular flexibility index (Phi) is 5.74. The number of nitrogens with two attached hydrogens (primary N) is 1. The van der Waals surface area contributed by atoms with Crippen molar-refractivity contribution in [1.29, 1.82) is 0 Å². The molecular formula is C20H18F5N3O3. The molecule has 1 saturated heterocycles. The van der Waals surface area contributed by atoms with Crippen LogP contribution in [0.4, 0.5) is 27.6 Å². The van der Waals surface area contributed by atoms with Crippen molar-refractivity contribution in [3.63, 3.8) is 0 Å². The minimum absolute atomic E-state index is 0.0347. The van der Waals surface area contributed by atoms with Crippen molar-refractivity contribution >= 4 is 17.5 Å². The molecule has 11 heteroatoms. The van der Waals surface area contributed by atoms with E-state index in [4.69, 9.17) is 10.5 Å². The van der Waals surface area contributed by atoms with E-state index in [2.05, 4.69) is 10.3 Å². The number of rotatable bonds is 4. The maximum absolute atomic E-state index is 14.7. The van der Waals surface area contributed by atoms with Crippen LogP contribution in [0.1, 0.15) is 40.9 Å². The van der Waals surface area contributed by atoms with Gasteiger partial charge in [-0.1, -0.05) is 6.07 Å². The Balaban J connectivity index is 1.98. The Labute approximate surface area is 173 Å². The Morgan fingerprint density at radius 3 is 2.55 bits per heavy atom. The molecule has 2 amide bonds. The molecule has 3 rings (SSSR count). The van der Waals surface area contributed by atoms with E-state index in [1.165, 1.54) is 12.3 Å². The number of alkyl halides is 3. The topological polar surface area (TPSA) is 94.3 Å². The highest BCUT2D eigenvalue weighted by Gasteiger charge is 2.61. The molecule has 1 fully saturated rings. The number of carbonyl (C=O) groups excluding carboxylic acids is 2. The van der Waals surface area contributed by atoms with Gasteiger partial charge in [-0.2, -0.15) is 13.2 Å². The smallest absolute Gasteiger partial charge is 0.364 e. The molecule has 1 aliphatic rings. The van der Waals surface area contributed by atoms with Gasteiger partial charge in [-0.15, -0.1) is 0 Å². The zero-order chi connectivity index (χ0) is 23.1. The second kappa shape index (κ2) is 7.88. The highest BCUT2D eigenvalue weighted by Crippen LogP contribution is 2.50. The van der Waals surface area contributed by atoms with Crippen LogP contribution in [0.15, 0.2) is 30.5 Å². The number of amides is 2. The van der Waals surface area contributed by atoms with E-state index in [1.54, 1.807) is 0 Å². The van der Waals surface area contributed by atoms with Gasteiger partial charge >= 0.3 is 6.18 Å². The molecule has 6 nitrogen and oxygen atoms in total. The number of pyridine rings is 1. The van der Waals surface area contributed by atoms with E-state index in [0.717, 1.165) is 32.0 Å². The van der Waals surface area contributed by atoms with E-state index >= 15 is 0 Å². The molecule has 0 radical (unpaired) electrons. The maximum Gasteiger partial charge on any atom is 0.417 e. The summed E-state index contributed by atoms with van der Waals surface area (Å²) < 4.78 is 74.3. The molecule has 0 saturated carbocycles. The second-order valence-electron chi connectivity index (χ2n) is 7.44. The first-order valence-corrected chi connectivity index (χ1v) is 9.10. The maximum atomic E-state index is 14.7. The van der Waals surface area contributed by atoms with Crippen molar-refractivity contribution in [3.05, 3.63) is 58.9 Å². The third-order valence-corrected chi connectivity index (χ3v) is 5.25. The van der Waals surface area contributed by atoms with Crippen molar-refractivity contribution in [2.75, 3.05) is 5.32 Å². The highest BCUT2D eigenvalue weighted by atomic mass is 19.4. The Morgan fingerprint density at radius 1 is 1.26 bits per heavy atom. The lowest BCUT2D eigenvalue weighted by Crippen LogP contribution is -2.43. The molecule has 1 aromatic heterocycles. The Bertz CT molecular complexity index is 1040. The van der Waals surface area contributed by atoms with Crippen molar-refractivity contribution < 1.29 is 36.3 Å². The summed E-state index contributed by atoms with van der Waals surface area (Å²) in [6, 6.07) is 4.36. The molecule has 1 aliphatic heterocycles. The number of hydrogen-bond donors (Lipinski definition) is 2. The number of benzene rings is 1. The first kappa shape index (κ1) is 22.6. The number of ether oxygens (including phenoxy) is 1. The van der Waals surface area contributed by atoms with Gasteiger partial charge in [0.15, 0.2) is 5.60 Å². The average molecular weight is 443 g/mol. The minimum Gasteiger partial charge on any atom is -0.364 e. The zero-order valence-electron chi connectivity index (χ0n) is 16.4. The molecule has 0 unspecified atom stereocenters. The Morgan fingerprint density at radius 2 is 1.94 bits per heavy atom. The molecule has 2 heterocycles. The molecule has 0 bridgehead atoms. The van der Waals surface area contributed by atoms with Crippen LogP contribution in [-0.4, -0.2) is 34.7 Å². The number of primary amides is 1. The normalized spacial score (nSPS) is 23.6. The molecule has 2 aromatic rings. The van der Waals surface area contributed by atoms with Crippen molar-refractivity contribution in [3.8, 4) is 0 Å². The lowest BCUT2D eigenvalue weighted by atomic mass is 9.85. The predicted octanol–water partition coefficient (Wildman–Crippen LogP) is 3.60. The summed E-state index contributed by atoms with van der Waals surface area (Å²) in [5, 5.41) is 2.34. The second-order valence-corrected chi connectivity index (χ2v) is 7.44. The van der Waals surface area contributed by atoms with Crippen molar-refractivity contribution in [1.82, 2.24) is 4.98 Å². The number of hydrogen-bond acceptors (Lipinski definition) is 4. The summed E-state index contributed by atoms with van der Waals surface area (Å²) in [7, 11) is 0. The standard InChI is InChI=1S/C20H18F5N3O3/c1-9-13(21)4-3-11(15(9)22)12-8-19(2,20(23,24)25)31-16(12)18(30)28-10-5-6-27-14(7-10)17(26)29/h3-7,12,16H,8H2,1-2H3,(H2,26,29)(H,27,28,30)/t12-,16-,19-/m1/s1. The fraction of sp³-hybridized carbons (Fsp3) is 0.350. The van der Waals surface area contributed by atoms with Gasteiger partial charge in [0.05, 0.1) is 0 Å². The molecule has 3 N–H and O–H groups in total. The van der Waals surface area contributed by atoms with E-state index in [-0.39, 0.29) is 22.5 Å². The summed E-state index contributed by atoms with van der Waals surface area (Å²) in [5.74, 6) is -5.13. The molecule has 0 aliphatic carbocycles. The van der Waals surface area contributed by atoms with Gasteiger partial charge in [0.1, 0.15) is 23.4 Å². The number of nitrogens with one attached hydrogen (secondary N) is 1.